The first kappa shape index (κ1) is 21.3. The Bertz CT molecular complexity index is 1230. The number of para-hydroxylation sites is 1. The summed E-state index contributed by atoms with van der Waals surface area (Å²) in [4.78, 5) is 18.0. The highest BCUT2D eigenvalue weighted by atomic mass is 15.0. The molecule has 4 heterocycles. The monoisotopic (exact) mass is 439 g/mol. The minimum atomic E-state index is 0.508. The SMILES string of the molecule is CC1CCCN1.Nc1nc(-c2ccnc(Nc3ccccc3)c2)nc2cncc(C3CC3)c12. The molecular weight excluding hydrogens is 410 g/mol. The van der Waals surface area contributed by atoms with Crippen molar-refractivity contribution < 1.29 is 0 Å². The molecular formula is C26H29N7. The number of anilines is 3. The van der Waals surface area contributed by atoms with Gasteiger partial charge in [-0.25, -0.2) is 15.0 Å². The molecule has 1 atom stereocenters. The number of benzene rings is 1. The number of aromatic nitrogens is 4. The Labute approximate surface area is 193 Å². The van der Waals surface area contributed by atoms with Crippen LogP contribution in [0.2, 0.25) is 0 Å². The van der Waals surface area contributed by atoms with E-state index in [0.717, 1.165) is 39.6 Å². The van der Waals surface area contributed by atoms with E-state index in [1.54, 1.807) is 12.4 Å². The molecule has 1 aliphatic carbocycles. The van der Waals surface area contributed by atoms with Crippen LogP contribution in [0.25, 0.3) is 22.3 Å². The standard InChI is InChI=1S/C21H18N6.C5H11N/c22-20-19-16(13-6-7-13)11-23-12-17(19)26-21(27-20)14-8-9-24-18(10-14)25-15-4-2-1-3-5-15;1-5-3-2-4-6-5/h1-5,8-13H,6-7H2,(H,24,25)(H2,22,26,27);5-6H,2-4H2,1H3. The van der Waals surface area contributed by atoms with Gasteiger partial charge in [-0.2, -0.15) is 0 Å². The average molecular weight is 440 g/mol. The first-order chi connectivity index (χ1) is 16.2. The van der Waals surface area contributed by atoms with Crippen molar-refractivity contribution in [1.29, 1.82) is 0 Å². The highest BCUT2D eigenvalue weighted by Crippen LogP contribution is 2.43. The number of hydrogen-bond donors (Lipinski definition) is 3. The van der Waals surface area contributed by atoms with Crippen LogP contribution in [0.1, 0.15) is 44.1 Å². The number of nitrogens with one attached hydrogen (secondary N) is 2. The van der Waals surface area contributed by atoms with Crippen molar-refractivity contribution in [3.8, 4) is 11.4 Å². The van der Waals surface area contributed by atoms with Gasteiger partial charge >= 0.3 is 0 Å². The zero-order chi connectivity index (χ0) is 22.6. The zero-order valence-corrected chi connectivity index (χ0v) is 18.8. The van der Waals surface area contributed by atoms with Gasteiger partial charge in [-0.3, -0.25) is 4.98 Å². The molecule has 1 saturated heterocycles. The Morgan fingerprint density at radius 1 is 1.03 bits per heavy atom. The molecule has 0 amide bonds. The van der Waals surface area contributed by atoms with E-state index < -0.39 is 0 Å². The topological polar surface area (TPSA) is 102 Å². The van der Waals surface area contributed by atoms with Crippen molar-refractivity contribution in [1.82, 2.24) is 25.3 Å². The van der Waals surface area contributed by atoms with Crippen LogP contribution in [-0.2, 0) is 0 Å². The summed E-state index contributed by atoms with van der Waals surface area (Å²) >= 11 is 0. The summed E-state index contributed by atoms with van der Waals surface area (Å²) < 4.78 is 0. The van der Waals surface area contributed by atoms with Gasteiger partial charge in [0.05, 0.1) is 11.7 Å². The van der Waals surface area contributed by atoms with Gasteiger partial charge in [0.15, 0.2) is 5.82 Å². The van der Waals surface area contributed by atoms with E-state index in [1.807, 2.05) is 48.7 Å². The average Bonchev–Trinajstić information content (AvgIpc) is 3.58. The maximum atomic E-state index is 6.31. The van der Waals surface area contributed by atoms with E-state index in [1.165, 1.54) is 32.2 Å². The molecule has 3 aromatic heterocycles. The van der Waals surface area contributed by atoms with Crippen LogP contribution in [0.3, 0.4) is 0 Å². The number of pyridine rings is 2. The van der Waals surface area contributed by atoms with Crippen molar-refractivity contribution in [2.45, 2.75) is 44.6 Å². The van der Waals surface area contributed by atoms with E-state index in [4.69, 9.17) is 10.7 Å². The third-order valence-corrected chi connectivity index (χ3v) is 6.05. The van der Waals surface area contributed by atoms with Crippen LogP contribution in [0.4, 0.5) is 17.3 Å². The van der Waals surface area contributed by atoms with Gasteiger partial charge in [0.2, 0.25) is 0 Å². The highest BCUT2D eigenvalue weighted by molar-refractivity contribution is 5.92. The van der Waals surface area contributed by atoms with E-state index >= 15 is 0 Å². The smallest absolute Gasteiger partial charge is 0.162 e. The van der Waals surface area contributed by atoms with Crippen molar-refractivity contribution in [2.75, 3.05) is 17.6 Å². The summed E-state index contributed by atoms with van der Waals surface area (Å²) in [5.41, 5.74) is 10.1. The number of nitrogen functional groups attached to an aromatic ring is 1. The Morgan fingerprint density at radius 3 is 2.58 bits per heavy atom. The number of nitrogens with two attached hydrogens (primary N) is 1. The van der Waals surface area contributed by atoms with Gasteiger partial charge in [-0.1, -0.05) is 18.2 Å². The molecule has 0 radical (unpaired) electrons. The molecule has 6 rings (SSSR count). The highest BCUT2D eigenvalue weighted by Gasteiger charge is 2.27. The minimum absolute atomic E-state index is 0.508. The van der Waals surface area contributed by atoms with E-state index in [2.05, 4.69) is 32.5 Å². The summed E-state index contributed by atoms with van der Waals surface area (Å²) in [7, 11) is 0. The quantitative estimate of drug-likeness (QED) is 0.409. The molecule has 1 saturated carbocycles. The van der Waals surface area contributed by atoms with Gasteiger partial charge in [0.25, 0.3) is 0 Å². The Balaban J connectivity index is 0.000000332. The molecule has 1 unspecified atom stereocenters. The molecule has 4 aromatic rings. The molecule has 7 nitrogen and oxygen atoms in total. The molecule has 2 aliphatic rings. The summed E-state index contributed by atoms with van der Waals surface area (Å²) in [5, 5.41) is 7.55. The molecule has 0 spiro atoms. The van der Waals surface area contributed by atoms with Crippen molar-refractivity contribution >= 4 is 28.2 Å². The third-order valence-electron chi connectivity index (χ3n) is 6.05. The number of hydrogen-bond acceptors (Lipinski definition) is 7. The number of fused-ring (bicyclic) bond motifs is 1. The van der Waals surface area contributed by atoms with Gasteiger partial charge in [0.1, 0.15) is 11.6 Å². The molecule has 168 valence electrons. The van der Waals surface area contributed by atoms with Crippen molar-refractivity contribution in [2.24, 2.45) is 0 Å². The van der Waals surface area contributed by atoms with Crippen LogP contribution in [0.5, 0.6) is 0 Å². The van der Waals surface area contributed by atoms with Crippen LogP contribution in [0, 0.1) is 0 Å². The molecule has 1 aromatic carbocycles. The third kappa shape index (κ3) is 5.09. The maximum Gasteiger partial charge on any atom is 0.162 e. The first-order valence-electron chi connectivity index (χ1n) is 11.6. The van der Waals surface area contributed by atoms with E-state index in [9.17, 15) is 0 Å². The maximum absolute atomic E-state index is 6.31. The molecule has 33 heavy (non-hydrogen) atoms. The second-order valence-corrected chi connectivity index (χ2v) is 8.75. The van der Waals surface area contributed by atoms with Gasteiger partial charge in [0, 0.05) is 35.1 Å². The predicted octanol–water partition coefficient (Wildman–Crippen LogP) is 5.05. The van der Waals surface area contributed by atoms with Gasteiger partial charge in [-0.15, -0.1) is 0 Å². The van der Waals surface area contributed by atoms with Crippen LogP contribution in [-0.4, -0.2) is 32.5 Å². The van der Waals surface area contributed by atoms with Crippen LogP contribution < -0.4 is 16.4 Å². The molecule has 1 aliphatic heterocycles. The predicted molar refractivity (Wildman–Crippen MR) is 133 cm³/mol. The second-order valence-electron chi connectivity index (χ2n) is 8.75. The molecule has 7 heteroatoms. The Morgan fingerprint density at radius 2 is 1.88 bits per heavy atom. The Kier molecular flexibility index (Phi) is 6.13. The summed E-state index contributed by atoms with van der Waals surface area (Å²) in [6, 6.07) is 14.5. The summed E-state index contributed by atoms with van der Waals surface area (Å²) in [6.45, 7) is 3.47. The largest absolute Gasteiger partial charge is 0.383 e. The van der Waals surface area contributed by atoms with Crippen molar-refractivity contribution in [3.05, 3.63) is 66.6 Å². The lowest BCUT2D eigenvalue weighted by atomic mass is 10.1. The fourth-order valence-corrected chi connectivity index (χ4v) is 4.14. The molecule has 2 fully saturated rings. The lowest BCUT2D eigenvalue weighted by molar-refractivity contribution is 0.664. The van der Waals surface area contributed by atoms with Crippen molar-refractivity contribution in [3.63, 3.8) is 0 Å². The lowest BCUT2D eigenvalue weighted by Crippen LogP contribution is -2.16. The second kappa shape index (κ2) is 9.50. The van der Waals surface area contributed by atoms with Crippen LogP contribution >= 0.6 is 0 Å². The first-order valence-corrected chi connectivity index (χ1v) is 11.6. The molecule has 0 bridgehead atoms. The van der Waals surface area contributed by atoms with Gasteiger partial charge < -0.3 is 16.4 Å². The van der Waals surface area contributed by atoms with Gasteiger partial charge in [-0.05, 0) is 74.9 Å². The zero-order valence-electron chi connectivity index (χ0n) is 18.8. The van der Waals surface area contributed by atoms with Crippen LogP contribution in [0.15, 0.2) is 61.1 Å². The number of nitrogens with zero attached hydrogens (tertiary/aromatic N) is 4. The lowest BCUT2D eigenvalue weighted by Gasteiger charge is -2.10. The van der Waals surface area contributed by atoms with E-state index in [0.29, 0.717) is 17.6 Å². The normalized spacial score (nSPS) is 17.4. The summed E-state index contributed by atoms with van der Waals surface area (Å²) in [6.07, 6.45) is 10.5. The summed E-state index contributed by atoms with van der Waals surface area (Å²) in [5.74, 6) is 2.35. The van der Waals surface area contributed by atoms with E-state index in [-0.39, 0.29) is 0 Å². The Hall–Kier alpha value is -3.58. The minimum Gasteiger partial charge on any atom is -0.383 e. The molecule has 4 N–H and O–H groups in total. The fraction of sp³-hybridized carbons (Fsp3) is 0.308. The number of rotatable bonds is 4. The fourth-order valence-electron chi connectivity index (χ4n) is 4.14.